The number of nitrogens with zero attached hydrogens (tertiary/aromatic N) is 3. The van der Waals surface area contributed by atoms with Crippen molar-refractivity contribution in [3.8, 4) is 17.2 Å². The minimum Gasteiger partial charge on any atom is -0.395 e. The van der Waals surface area contributed by atoms with Gasteiger partial charge in [0.2, 0.25) is 0 Å². The smallest absolute Gasteiger partial charge is 0.102 e. The van der Waals surface area contributed by atoms with E-state index in [0.717, 1.165) is 22.2 Å². The van der Waals surface area contributed by atoms with E-state index in [0.29, 0.717) is 17.1 Å². The molecule has 0 aliphatic rings. The van der Waals surface area contributed by atoms with Crippen molar-refractivity contribution in [2.45, 2.75) is 6.54 Å². The van der Waals surface area contributed by atoms with Gasteiger partial charge < -0.3 is 9.67 Å². The van der Waals surface area contributed by atoms with Crippen LogP contribution >= 0.6 is 11.6 Å². The molecule has 21 heavy (non-hydrogen) atoms. The Morgan fingerprint density at radius 3 is 2.71 bits per heavy atom. The van der Waals surface area contributed by atoms with Crippen LogP contribution in [0.25, 0.3) is 22.2 Å². The van der Waals surface area contributed by atoms with Gasteiger partial charge in [-0.2, -0.15) is 5.26 Å². The second kappa shape index (κ2) is 5.57. The van der Waals surface area contributed by atoms with E-state index in [1.54, 1.807) is 17.0 Å². The maximum absolute atomic E-state index is 9.58. The SMILES string of the molecule is N#Cc1c(-c2ccccc2Cl)ccc2ncn(CCO)c12. The number of imidazole rings is 1. The van der Waals surface area contributed by atoms with Crippen molar-refractivity contribution in [2.24, 2.45) is 0 Å². The molecule has 2 aromatic carbocycles. The van der Waals surface area contributed by atoms with E-state index >= 15 is 0 Å². The molecule has 0 bridgehead atoms. The molecule has 0 aliphatic carbocycles. The monoisotopic (exact) mass is 297 g/mol. The molecule has 5 heteroatoms. The molecule has 1 heterocycles. The number of aromatic nitrogens is 2. The number of hydrogen-bond acceptors (Lipinski definition) is 3. The predicted octanol–water partition coefficient (Wildman–Crippen LogP) is 3.22. The molecule has 1 aromatic heterocycles. The summed E-state index contributed by atoms with van der Waals surface area (Å²) in [7, 11) is 0. The first-order valence-corrected chi connectivity index (χ1v) is 6.87. The normalized spacial score (nSPS) is 10.7. The number of rotatable bonds is 3. The van der Waals surface area contributed by atoms with Crippen LogP contribution in [-0.2, 0) is 6.54 Å². The van der Waals surface area contributed by atoms with E-state index in [9.17, 15) is 5.26 Å². The second-order valence-electron chi connectivity index (χ2n) is 4.61. The van der Waals surface area contributed by atoms with Crippen molar-refractivity contribution in [3.05, 3.63) is 53.3 Å². The highest BCUT2D eigenvalue weighted by molar-refractivity contribution is 6.33. The fraction of sp³-hybridized carbons (Fsp3) is 0.125. The molecule has 0 radical (unpaired) electrons. The zero-order valence-electron chi connectivity index (χ0n) is 11.1. The molecule has 0 unspecified atom stereocenters. The number of fused-ring (bicyclic) bond motifs is 1. The third-order valence-corrected chi connectivity index (χ3v) is 3.73. The average Bonchev–Trinajstić information content (AvgIpc) is 2.91. The first-order valence-electron chi connectivity index (χ1n) is 6.50. The van der Waals surface area contributed by atoms with Crippen LogP contribution in [0.4, 0.5) is 0 Å². The summed E-state index contributed by atoms with van der Waals surface area (Å²) in [5.74, 6) is 0. The van der Waals surface area contributed by atoms with E-state index in [2.05, 4.69) is 11.1 Å². The van der Waals surface area contributed by atoms with Crippen molar-refractivity contribution in [1.82, 2.24) is 9.55 Å². The van der Waals surface area contributed by atoms with Gasteiger partial charge in [-0.1, -0.05) is 35.9 Å². The van der Waals surface area contributed by atoms with Crippen molar-refractivity contribution in [3.63, 3.8) is 0 Å². The van der Waals surface area contributed by atoms with E-state index in [-0.39, 0.29) is 6.61 Å². The van der Waals surface area contributed by atoms with E-state index in [1.807, 2.05) is 30.3 Å². The van der Waals surface area contributed by atoms with Crippen molar-refractivity contribution in [2.75, 3.05) is 6.61 Å². The van der Waals surface area contributed by atoms with Gasteiger partial charge in [-0.3, -0.25) is 0 Å². The molecule has 0 saturated carbocycles. The molecular weight excluding hydrogens is 286 g/mol. The highest BCUT2D eigenvalue weighted by Gasteiger charge is 2.15. The van der Waals surface area contributed by atoms with E-state index < -0.39 is 0 Å². The Morgan fingerprint density at radius 1 is 1.19 bits per heavy atom. The molecule has 104 valence electrons. The van der Waals surface area contributed by atoms with E-state index in [1.165, 1.54) is 0 Å². The Balaban J connectivity index is 2.32. The van der Waals surface area contributed by atoms with Crippen LogP contribution in [0.1, 0.15) is 5.56 Å². The summed E-state index contributed by atoms with van der Waals surface area (Å²) >= 11 is 6.24. The molecule has 3 rings (SSSR count). The number of hydrogen-bond donors (Lipinski definition) is 1. The predicted molar refractivity (Wildman–Crippen MR) is 82.0 cm³/mol. The second-order valence-corrected chi connectivity index (χ2v) is 5.02. The molecule has 0 saturated heterocycles. The molecule has 0 aliphatic heterocycles. The van der Waals surface area contributed by atoms with Gasteiger partial charge >= 0.3 is 0 Å². The highest BCUT2D eigenvalue weighted by atomic mass is 35.5. The average molecular weight is 298 g/mol. The van der Waals surface area contributed by atoms with Gasteiger partial charge in [-0.25, -0.2) is 4.98 Å². The highest BCUT2D eigenvalue weighted by Crippen LogP contribution is 2.33. The lowest BCUT2D eigenvalue weighted by atomic mass is 9.99. The summed E-state index contributed by atoms with van der Waals surface area (Å²) in [6, 6.07) is 13.4. The first-order chi connectivity index (χ1) is 10.3. The lowest BCUT2D eigenvalue weighted by molar-refractivity contribution is 0.278. The summed E-state index contributed by atoms with van der Waals surface area (Å²) in [6.07, 6.45) is 1.64. The van der Waals surface area contributed by atoms with Gasteiger partial charge in [-0.05, 0) is 12.1 Å². The van der Waals surface area contributed by atoms with Gasteiger partial charge in [-0.15, -0.1) is 0 Å². The molecule has 0 spiro atoms. The minimum absolute atomic E-state index is 0.00729. The Morgan fingerprint density at radius 2 is 2.00 bits per heavy atom. The third kappa shape index (κ3) is 2.27. The molecule has 0 atom stereocenters. The Bertz CT molecular complexity index is 848. The van der Waals surface area contributed by atoms with Crippen molar-refractivity contribution in [1.29, 1.82) is 5.26 Å². The number of aliphatic hydroxyl groups excluding tert-OH is 1. The van der Waals surface area contributed by atoms with Crippen LogP contribution in [0.15, 0.2) is 42.7 Å². The summed E-state index contributed by atoms with van der Waals surface area (Å²) < 4.78 is 1.79. The topological polar surface area (TPSA) is 61.8 Å². The molecule has 0 fully saturated rings. The standard InChI is InChI=1S/C16H12ClN3O/c17-14-4-2-1-3-12(14)11-5-6-15-16(13(11)9-18)20(7-8-21)10-19-15/h1-6,10,21H,7-8H2. The lowest BCUT2D eigenvalue weighted by Crippen LogP contribution is -2.02. The van der Waals surface area contributed by atoms with Crippen LogP contribution in [-0.4, -0.2) is 21.3 Å². The molecule has 1 N–H and O–H groups in total. The van der Waals surface area contributed by atoms with Gasteiger partial charge in [0.15, 0.2) is 0 Å². The van der Waals surface area contributed by atoms with Gasteiger partial charge in [0.25, 0.3) is 0 Å². The first kappa shape index (κ1) is 13.6. The summed E-state index contributed by atoms with van der Waals surface area (Å²) in [4.78, 5) is 4.27. The van der Waals surface area contributed by atoms with E-state index in [4.69, 9.17) is 16.7 Å². The molecule has 4 nitrogen and oxygen atoms in total. The van der Waals surface area contributed by atoms with Crippen LogP contribution in [0, 0.1) is 11.3 Å². The number of nitriles is 1. The van der Waals surface area contributed by atoms with Gasteiger partial charge in [0, 0.05) is 22.7 Å². The quantitative estimate of drug-likeness (QED) is 0.807. The maximum Gasteiger partial charge on any atom is 0.102 e. The van der Waals surface area contributed by atoms with Crippen molar-refractivity contribution < 1.29 is 5.11 Å². The number of halogens is 1. The summed E-state index contributed by atoms with van der Waals surface area (Å²) in [5.41, 5.74) is 3.57. The molecule has 0 amide bonds. The molecule has 3 aromatic rings. The summed E-state index contributed by atoms with van der Waals surface area (Å²) in [5, 5.41) is 19.3. The Kier molecular flexibility index (Phi) is 3.61. The third-order valence-electron chi connectivity index (χ3n) is 3.40. The zero-order chi connectivity index (χ0) is 14.8. The van der Waals surface area contributed by atoms with Crippen LogP contribution in [0.5, 0.6) is 0 Å². The minimum atomic E-state index is -0.00729. The van der Waals surface area contributed by atoms with Gasteiger partial charge in [0.05, 0.1) is 29.5 Å². The van der Waals surface area contributed by atoms with Crippen LogP contribution in [0.2, 0.25) is 5.02 Å². The number of benzene rings is 2. The van der Waals surface area contributed by atoms with Crippen LogP contribution in [0.3, 0.4) is 0 Å². The summed E-state index contributed by atoms with van der Waals surface area (Å²) in [6.45, 7) is 0.393. The largest absolute Gasteiger partial charge is 0.395 e. The molecular formula is C16H12ClN3O. The van der Waals surface area contributed by atoms with Crippen LogP contribution < -0.4 is 0 Å². The number of aliphatic hydroxyl groups is 1. The maximum atomic E-state index is 9.58. The zero-order valence-corrected chi connectivity index (χ0v) is 11.9. The fourth-order valence-corrected chi connectivity index (χ4v) is 2.70. The Labute approximate surface area is 126 Å². The van der Waals surface area contributed by atoms with Gasteiger partial charge in [0.1, 0.15) is 6.07 Å². The van der Waals surface area contributed by atoms with Crippen molar-refractivity contribution >= 4 is 22.6 Å². The Hall–Kier alpha value is -2.35. The lowest BCUT2D eigenvalue weighted by Gasteiger charge is -2.09. The fourth-order valence-electron chi connectivity index (χ4n) is 2.46.